The Balaban J connectivity index is 1.48. The van der Waals surface area contributed by atoms with Crippen LogP contribution in [0.4, 0.5) is 20.5 Å². The van der Waals surface area contributed by atoms with Gasteiger partial charge >= 0.3 is 25.2 Å². The molecule has 1 aromatic heterocycles. The van der Waals surface area contributed by atoms with Crippen molar-refractivity contribution < 1.29 is 37.1 Å². The molecule has 0 aliphatic rings. The summed E-state index contributed by atoms with van der Waals surface area (Å²) >= 11 is 15.4. The number of halogens is 5. The normalized spacial score (nSPS) is 11.8. The molecule has 45 heavy (non-hydrogen) atoms. The molecule has 0 bridgehead atoms. The molecule has 8 nitrogen and oxygen atoms in total. The maximum absolute atomic E-state index is 14.4. The molecule has 2 N–H and O–H groups in total. The number of anilines is 2. The van der Waals surface area contributed by atoms with Gasteiger partial charge in [-0.3, -0.25) is 9.46 Å². The zero-order valence-electron chi connectivity index (χ0n) is 23.1. The average Bonchev–Trinajstić information content (AvgIpc) is 3.50. The number of nitrogens with zero attached hydrogens (tertiary/aromatic N) is 2. The maximum Gasteiger partial charge on any atom is 0.399 e. The molecule has 0 amide bonds. The van der Waals surface area contributed by atoms with Crippen molar-refractivity contribution >= 4 is 64.4 Å². The number of esters is 1. The molecule has 0 fully saturated rings. The van der Waals surface area contributed by atoms with Crippen molar-refractivity contribution in [3.05, 3.63) is 122 Å². The zero-order valence-corrected chi connectivity index (χ0v) is 27.1. The summed E-state index contributed by atoms with van der Waals surface area (Å²) in [4.78, 5) is 36.6. The van der Waals surface area contributed by atoms with Crippen LogP contribution in [0.5, 0.6) is 0 Å². The van der Waals surface area contributed by atoms with Gasteiger partial charge in [0.1, 0.15) is 0 Å². The second-order valence-electron chi connectivity index (χ2n) is 9.71. The SMILES string of the molecule is COC(=O)c1ccccc1-c1ccc(-c2cnc(N(Cc3ccc(C(F)(F)P(=O)(O)O)c(Br)c3)c3ccc(Cl)c(Cl)c3)o2)cc1. The van der Waals surface area contributed by atoms with Crippen molar-refractivity contribution in [3.63, 3.8) is 0 Å². The Morgan fingerprint density at radius 1 is 1.00 bits per heavy atom. The molecule has 0 saturated carbocycles. The van der Waals surface area contributed by atoms with Gasteiger partial charge in [-0.05, 0) is 47.0 Å². The van der Waals surface area contributed by atoms with Crippen molar-refractivity contribution in [2.45, 2.75) is 12.2 Å². The first kappa shape index (κ1) is 32.8. The van der Waals surface area contributed by atoms with E-state index in [1.54, 1.807) is 35.2 Å². The summed E-state index contributed by atoms with van der Waals surface area (Å²) in [7, 11) is -4.45. The topological polar surface area (TPSA) is 113 Å². The van der Waals surface area contributed by atoms with E-state index in [9.17, 15) is 18.1 Å². The number of ether oxygens (including phenoxy) is 1. The van der Waals surface area contributed by atoms with E-state index >= 15 is 0 Å². The molecule has 14 heteroatoms. The van der Waals surface area contributed by atoms with E-state index in [-0.39, 0.29) is 22.1 Å². The molecule has 0 aliphatic heterocycles. The van der Waals surface area contributed by atoms with Crippen molar-refractivity contribution in [1.29, 1.82) is 0 Å². The van der Waals surface area contributed by atoms with Crippen LogP contribution in [-0.4, -0.2) is 27.8 Å². The molecule has 0 spiro atoms. The van der Waals surface area contributed by atoms with Crippen molar-refractivity contribution in [3.8, 4) is 22.5 Å². The molecule has 5 rings (SSSR count). The zero-order chi connectivity index (χ0) is 32.5. The van der Waals surface area contributed by atoms with E-state index in [1.165, 1.54) is 25.4 Å². The van der Waals surface area contributed by atoms with E-state index in [1.807, 2.05) is 36.4 Å². The maximum atomic E-state index is 14.4. The number of benzene rings is 4. The minimum absolute atomic E-state index is 0.0432. The lowest BCUT2D eigenvalue weighted by molar-refractivity contribution is 0.0557. The summed E-state index contributed by atoms with van der Waals surface area (Å²) in [6, 6.07) is 23.0. The van der Waals surface area contributed by atoms with Crippen LogP contribution in [0.25, 0.3) is 22.5 Å². The van der Waals surface area contributed by atoms with Crippen LogP contribution in [-0.2, 0) is 21.5 Å². The highest BCUT2D eigenvalue weighted by molar-refractivity contribution is 9.10. The third kappa shape index (κ3) is 6.84. The highest BCUT2D eigenvalue weighted by Crippen LogP contribution is 2.60. The van der Waals surface area contributed by atoms with Crippen LogP contribution >= 0.6 is 46.7 Å². The fourth-order valence-corrected chi connectivity index (χ4v) is 6.15. The largest absolute Gasteiger partial charge is 0.465 e. The molecule has 0 radical (unpaired) electrons. The van der Waals surface area contributed by atoms with Crippen LogP contribution in [0.3, 0.4) is 0 Å². The summed E-state index contributed by atoms with van der Waals surface area (Å²) in [5.41, 5.74) is -1.63. The van der Waals surface area contributed by atoms with Crippen molar-refractivity contribution in [2.75, 3.05) is 12.0 Å². The van der Waals surface area contributed by atoms with Gasteiger partial charge in [-0.15, -0.1) is 0 Å². The number of aromatic nitrogens is 1. The van der Waals surface area contributed by atoms with E-state index in [0.29, 0.717) is 38.7 Å². The quantitative estimate of drug-likeness (QED) is 0.114. The predicted molar refractivity (Wildman–Crippen MR) is 171 cm³/mol. The van der Waals surface area contributed by atoms with Gasteiger partial charge in [-0.1, -0.05) is 93.7 Å². The highest BCUT2D eigenvalue weighted by Gasteiger charge is 2.51. The Kier molecular flexibility index (Phi) is 9.51. The minimum atomic E-state index is -5.77. The molecule has 4 aromatic carbocycles. The van der Waals surface area contributed by atoms with Gasteiger partial charge in [0.25, 0.3) is 0 Å². The molecule has 0 atom stereocenters. The number of oxazole rings is 1. The predicted octanol–water partition coefficient (Wildman–Crippen LogP) is 9.43. The molecule has 0 unspecified atom stereocenters. The first-order chi connectivity index (χ1) is 21.3. The summed E-state index contributed by atoms with van der Waals surface area (Å²) in [5.74, 6) is -0.0326. The fourth-order valence-electron chi connectivity index (χ4n) is 4.52. The van der Waals surface area contributed by atoms with E-state index < -0.39 is 24.8 Å². The van der Waals surface area contributed by atoms with E-state index in [2.05, 4.69) is 20.9 Å². The van der Waals surface area contributed by atoms with Gasteiger partial charge in [-0.25, -0.2) is 9.78 Å². The lowest BCUT2D eigenvalue weighted by Crippen LogP contribution is -2.18. The van der Waals surface area contributed by atoms with Gasteiger partial charge in [0.15, 0.2) is 5.76 Å². The van der Waals surface area contributed by atoms with Gasteiger partial charge in [0.2, 0.25) is 0 Å². The molecule has 232 valence electrons. The Bertz CT molecular complexity index is 1930. The number of carbonyl (C=O) groups excluding carboxylic acids is 1. The lowest BCUT2D eigenvalue weighted by Gasteiger charge is -2.23. The second-order valence-corrected chi connectivity index (χ2v) is 13.0. The van der Waals surface area contributed by atoms with Crippen LogP contribution in [0.1, 0.15) is 21.5 Å². The first-order valence-electron chi connectivity index (χ1n) is 13.0. The molecule has 5 aromatic rings. The Labute approximate surface area is 274 Å². The monoisotopic (exact) mass is 736 g/mol. The van der Waals surface area contributed by atoms with Crippen LogP contribution in [0.2, 0.25) is 10.0 Å². The fraction of sp³-hybridized carbons (Fsp3) is 0.0968. The Morgan fingerprint density at radius 3 is 2.33 bits per heavy atom. The van der Waals surface area contributed by atoms with Crippen molar-refractivity contribution in [2.24, 2.45) is 0 Å². The van der Waals surface area contributed by atoms with Crippen molar-refractivity contribution in [1.82, 2.24) is 4.98 Å². The van der Waals surface area contributed by atoms with Crippen LogP contribution in [0, 0.1) is 0 Å². The molecular formula is C31H22BrCl2F2N2O6P. The number of hydrogen-bond acceptors (Lipinski definition) is 6. The minimum Gasteiger partial charge on any atom is -0.465 e. The number of rotatable bonds is 9. The second kappa shape index (κ2) is 13.0. The number of alkyl halides is 2. The molecule has 1 heterocycles. The number of carbonyl (C=O) groups is 1. The third-order valence-electron chi connectivity index (χ3n) is 6.82. The number of methoxy groups -OCH3 is 1. The average molecular weight is 738 g/mol. The molecular weight excluding hydrogens is 716 g/mol. The van der Waals surface area contributed by atoms with E-state index in [0.717, 1.165) is 11.6 Å². The van der Waals surface area contributed by atoms with Crippen LogP contribution < -0.4 is 4.90 Å². The lowest BCUT2D eigenvalue weighted by atomic mass is 9.98. The Hall–Kier alpha value is -3.57. The number of hydrogen-bond donors (Lipinski definition) is 2. The highest BCUT2D eigenvalue weighted by atomic mass is 79.9. The summed E-state index contributed by atoms with van der Waals surface area (Å²) < 4.78 is 51.1. The van der Waals surface area contributed by atoms with Gasteiger partial charge < -0.3 is 18.9 Å². The Morgan fingerprint density at radius 2 is 1.69 bits per heavy atom. The van der Waals surface area contributed by atoms with E-state index in [4.69, 9.17) is 42.1 Å². The summed E-state index contributed by atoms with van der Waals surface area (Å²) in [5, 5.41) is 0.570. The van der Waals surface area contributed by atoms with Gasteiger partial charge in [0, 0.05) is 21.3 Å². The summed E-state index contributed by atoms with van der Waals surface area (Å²) in [6.07, 6.45) is 1.52. The smallest absolute Gasteiger partial charge is 0.399 e. The first-order valence-corrected chi connectivity index (χ1v) is 16.1. The third-order valence-corrected chi connectivity index (χ3v) is 9.18. The van der Waals surface area contributed by atoms with Gasteiger partial charge in [0.05, 0.1) is 35.5 Å². The standard InChI is InChI=1S/C31H22BrCl2F2N2O6P/c1-43-29(39)23-5-3-2-4-22(23)19-7-9-20(10-8-19)28-16-37-30(44-28)38(21-11-13-26(33)27(34)15-21)17-18-6-12-24(25(32)14-18)31(35,36)45(40,41)42/h2-16H,17H2,1H3,(H2,40,41,42). The molecule has 0 aliphatic carbocycles. The van der Waals surface area contributed by atoms with Crippen LogP contribution in [0.15, 0.2) is 100 Å². The summed E-state index contributed by atoms with van der Waals surface area (Å²) in [6.45, 7) is 0.0432. The van der Waals surface area contributed by atoms with Gasteiger partial charge in [-0.2, -0.15) is 8.78 Å². The molecule has 0 saturated heterocycles.